The van der Waals surface area contributed by atoms with E-state index in [1.165, 1.54) is 31.4 Å². The van der Waals surface area contributed by atoms with E-state index in [4.69, 9.17) is 5.73 Å². The van der Waals surface area contributed by atoms with Gasteiger partial charge in [-0.2, -0.15) is 0 Å². The van der Waals surface area contributed by atoms with Crippen LogP contribution in [0, 0.1) is 5.82 Å². The second-order valence-electron chi connectivity index (χ2n) is 7.66. The number of unbranched alkanes of at least 4 members (excludes halogenated alkanes) is 3. The number of guanidine groups is 1. The number of benzene rings is 1. The van der Waals surface area contributed by atoms with Gasteiger partial charge in [-0.3, -0.25) is 0 Å². The van der Waals surface area contributed by atoms with E-state index < -0.39 is 0 Å². The number of hydrogen-bond acceptors (Lipinski definition) is 4. The molecule has 0 aliphatic carbocycles. The van der Waals surface area contributed by atoms with Gasteiger partial charge in [-0.25, -0.2) is 14.4 Å². The van der Waals surface area contributed by atoms with Gasteiger partial charge < -0.3 is 20.9 Å². The Balaban J connectivity index is 0.00000341. The third-order valence-electron chi connectivity index (χ3n) is 5.37. The molecule has 1 aliphatic heterocycles. The van der Waals surface area contributed by atoms with Crippen molar-refractivity contribution in [3.8, 4) is 0 Å². The number of aromatic nitrogens is 1. The van der Waals surface area contributed by atoms with Crippen molar-refractivity contribution in [2.24, 2.45) is 10.7 Å². The number of anilines is 2. The van der Waals surface area contributed by atoms with Crippen LogP contribution in [0.3, 0.4) is 0 Å². The fraction of sp³-hybridized carbons (Fsp3) is 0.478. The summed E-state index contributed by atoms with van der Waals surface area (Å²) in [4.78, 5) is 13.6. The normalized spacial score (nSPS) is 14.3. The highest BCUT2D eigenvalue weighted by molar-refractivity contribution is 14.0. The molecule has 0 amide bonds. The number of halogens is 2. The van der Waals surface area contributed by atoms with Gasteiger partial charge in [-0.1, -0.05) is 26.2 Å². The molecule has 0 saturated carbocycles. The van der Waals surface area contributed by atoms with E-state index >= 15 is 0 Å². The summed E-state index contributed by atoms with van der Waals surface area (Å²) in [5.74, 6) is 1.26. The lowest BCUT2D eigenvalue weighted by molar-refractivity contribution is 0.624. The molecule has 1 aromatic heterocycles. The minimum absolute atomic E-state index is 0. The van der Waals surface area contributed by atoms with Crippen LogP contribution >= 0.6 is 24.0 Å². The molecule has 3 N–H and O–H groups in total. The van der Waals surface area contributed by atoms with Crippen molar-refractivity contribution in [2.75, 3.05) is 42.5 Å². The van der Waals surface area contributed by atoms with Gasteiger partial charge in [0, 0.05) is 44.6 Å². The zero-order chi connectivity index (χ0) is 21.2. The van der Waals surface area contributed by atoms with E-state index in [9.17, 15) is 4.39 Å². The van der Waals surface area contributed by atoms with Crippen molar-refractivity contribution in [2.45, 2.75) is 39.2 Å². The lowest BCUT2D eigenvalue weighted by Crippen LogP contribution is -2.46. The van der Waals surface area contributed by atoms with Crippen LogP contribution in [0.1, 0.15) is 38.2 Å². The topological polar surface area (TPSA) is 69.8 Å². The summed E-state index contributed by atoms with van der Waals surface area (Å²) in [6, 6.07) is 10.8. The fourth-order valence-corrected chi connectivity index (χ4v) is 3.58. The molecule has 2 aromatic rings. The maximum Gasteiger partial charge on any atom is 0.188 e. The predicted molar refractivity (Wildman–Crippen MR) is 138 cm³/mol. The highest BCUT2D eigenvalue weighted by Crippen LogP contribution is 2.20. The van der Waals surface area contributed by atoms with Gasteiger partial charge in [-0.05, 0) is 48.4 Å². The van der Waals surface area contributed by atoms with Crippen LogP contribution in [-0.2, 0) is 6.54 Å². The summed E-state index contributed by atoms with van der Waals surface area (Å²) < 4.78 is 13.1. The van der Waals surface area contributed by atoms with E-state index in [0.717, 1.165) is 56.2 Å². The first-order valence-corrected chi connectivity index (χ1v) is 10.9. The Labute approximate surface area is 202 Å². The van der Waals surface area contributed by atoms with Crippen LogP contribution in [0.5, 0.6) is 0 Å². The Bertz CT molecular complexity index is 806. The molecule has 1 aromatic carbocycles. The molecule has 3 rings (SSSR count). The zero-order valence-corrected chi connectivity index (χ0v) is 20.6. The maximum absolute atomic E-state index is 13.1. The molecular formula is C23H34FIN6. The summed E-state index contributed by atoms with van der Waals surface area (Å²) in [5.41, 5.74) is 8.14. The molecule has 6 nitrogen and oxygen atoms in total. The molecule has 0 bridgehead atoms. The van der Waals surface area contributed by atoms with E-state index in [0.29, 0.717) is 12.5 Å². The SMILES string of the molecule is CCCCCCNC(N)=NCc1ccnc(N2CCN(c3ccc(F)cc3)CC2)c1.I. The molecule has 2 heterocycles. The summed E-state index contributed by atoms with van der Waals surface area (Å²) in [6.45, 7) is 7.12. The molecule has 8 heteroatoms. The minimum Gasteiger partial charge on any atom is -0.370 e. The first kappa shape index (κ1) is 25.2. The first-order valence-electron chi connectivity index (χ1n) is 10.9. The highest BCUT2D eigenvalue weighted by atomic mass is 127. The lowest BCUT2D eigenvalue weighted by atomic mass is 10.2. The molecule has 1 saturated heterocycles. The molecule has 0 radical (unpaired) electrons. The first-order chi connectivity index (χ1) is 14.7. The Kier molecular flexibility index (Phi) is 10.8. The van der Waals surface area contributed by atoms with Crippen molar-refractivity contribution >= 4 is 41.4 Å². The Morgan fingerprint density at radius 1 is 1.06 bits per heavy atom. The fourth-order valence-electron chi connectivity index (χ4n) is 3.58. The van der Waals surface area contributed by atoms with Gasteiger partial charge in [0.25, 0.3) is 0 Å². The second-order valence-corrected chi connectivity index (χ2v) is 7.66. The third-order valence-corrected chi connectivity index (χ3v) is 5.37. The number of hydrogen-bond donors (Lipinski definition) is 2. The number of rotatable bonds is 9. The van der Waals surface area contributed by atoms with E-state index in [1.807, 2.05) is 24.4 Å². The molecular weight excluding hydrogens is 506 g/mol. The molecule has 0 unspecified atom stereocenters. The van der Waals surface area contributed by atoms with Gasteiger partial charge in [0.2, 0.25) is 0 Å². The maximum atomic E-state index is 13.1. The summed E-state index contributed by atoms with van der Waals surface area (Å²) in [6.07, 6.45) is 6.67. The summed E-state index contributed by atoms with van der Waals surface area (Å²) in [5, 5.41) is 3.19. The van der Waals surface area contributed by atoms with Crippen molar-refractivity contribution in [1.29, 1.82) is 0 Å². The van der Waals surface area contributed by atoms with Crippen molar-refractivity contribution in [3.05, 3.63) is 54.0 Å². The van der Waals surface area contributed by atoms with Crippen LogP contribution in [-0.4, -0.2) is 43.7 Å². The molecule has 0 spiro atoms. The van der Waals surface area contributed by atoms with Gasteiger partial charge in [0.1, 0.15) is 11.6 Å². The average molecular weight is 540 g/mol. The van der Waals surface area contributed by atoms with Gasteiger partial charge in [-0.15, -0.1) is 24.0 Å². The third kappa shape index (κ3) is 8.16. The smallest absolute Gasteiger partial charge is 0.188 e. The second kappa shape index (κ2) is 13.3. The number of piperazine rings is 1. The quantitative estimate of drug-likeness (QED) is 0.217. The van der Waals surface area contributed by atoms with Crippen LogP contribution in [0.15, 0.2) is 47.6 Å². The van der Waals surface area contributed by atoms with Crippen LogP contribution in [0.25, 0.3) is 0 Å². The summed E-state index contributed by atoms with van der Waals surface area (Å²) in [7, 11) is 0. The largest absolute Gasteiger partial charge is 0.370 e. The predicted octanol–water partition coefficient (Wildman–Crippen LogP) is 4.15. The minimum atomic E-state index is -0.201. The molecule has 1 aliphatic rings. The van der Waals surface area contributed by atoms with E-state index in [2.05, 4.69) is 38.1 Å². The number of nitrogens with two attached hydrogens (primary N) is 1. The number of nitrogens with zero attached hydrogens (tertiary/aromatic N) is 4. The van der Waals surface area contributed by atoms with Crippen molar-refractivity contribution in [3.63, 3.8) is 0 Å². The van der Waals surface area contributed by atoms with Crippen LogP contribution < -0.4 is 20.9 Å². The van der Waals surface area contributed by atoms with Crippen LogP contribution in [0.2, 0.25) is 0 Å². The average Bonchev–Trinajstić information content (AvgIpc) is 2.78. The number of aliphatic imine (C=N–C) groups is 1. The van der Waals surface area contributed by atoms with Crippen LogP contribution in [0.4, 0.5) is 15.9 Å². The summed E-state index contributed by atoms with van der Waals surface area (Å²) >= 11 is 0. The molecule has 1 fully saturated rings. The molecule has 0 atom stereocenters. The molecule has 170 valence electrons. The highest BCUT2D eigenvalue weighted by Gasteiger charge is 2.18. The lowest BCUT2D eigenvalue weighted by Gasteiger charge is -2.36. The monoisotopic (exact) mass is 540 g/mol. The molecule has 31 heavy (non-hydrogen) atoms. The van der Waals surface area contributed by atoms with Gasteiger partial charge >= 0.3 is 0 Å². The zero-order valence-electron chi connectivity index (χ0n) is 18.3. The Hall–Kier alpha value is -2.10. The Morgan fingerprint density at radius 3 is 2.48 bits per heavy atom. The standard InChI is InChI=1S/C23H33FN6.HI/c1-2-3-4-5-11-27-23(25)28-18-19-10-12-26-22(17-19)30-15-13-29(14-16-30)21-8-6-20(24)7-9-21;/h6-10,12,17H,2-5,11,13-16,18H2,1H3,(H3,25,27,28);1H. The number of pyridine rings is 1. The van der Waals surface area contributed by atoms with Gasteiger partial charge in [0.15, 0.2) is 5.96 Å². The Morgan fingerprint density at radius 2 is 1.77 bits per heavy atom. The van der Waals surface area contributed by atoms with Crippen molar-refractivity contribution in [1.82, 2.24) is 10.3 Å². The number of nitrogens with one attached hydrogen (secondary N) is 1. The van der Waals surface area contributed by atoms with Crippen molar-refractivity contribution < 1.29 is 4.39 Å². The van der Waals surface area contributed by atoms with E-state index in [-0.39, 0.29) is 29.8 Å². The van der Waals surface area contributed by atoms with E-state index in [1.54, 1.807) is 0 Å². The van der Waals surface area contributed by atoms with Gasteiger partial charge in [0.05, 0.1) is 6.54 Å².